The molecule has 7 nitrogen and oxygen atoms in total. The number of benzene rings is 1. The van der Waals surface area contributed by atoms with Crippen LogP contribution < -0.4 is 5.73 Å². The number of nitrogens with zero attached hydrogens (tertiary/aromatic N) is 3. The van der Waals surface area contributed by atoms with Crippen molar-refractivity contribution in [1.82, 2.24) is 9.29 Å². The Morgan fingerprint density at radius 2 is 2.10 bits per heavy atom. The van der Waals surface area contributed by atoms with Crippen molar-refractivity contribution in [1.29, 1.82) is 0 Å². The van der Waals surface area contributed by atoms with Crippen molar-refractivity contribution in [3.8, 4) is 0 Å². The number of ketones is 1. The summed E-state index contributed by atoms with van der Waals surface area (Å²) in [5, 5.41) is -0.728. The molecule has 0 amide bonds. The SMILES string of the molecule is CN1C(N)=N[C@]2(C)c3cc(CC(=O)c4ccc(F)cn4)ccc3CCC[C@@H]2S1(=O)=O. The molecular weight excluding hydrogens is 407 g/mol. The minimum atomic E-state index is -3.65. The first-order valence-corrected chi connectivity index (χ1v) is 11.2. The molecule has 1 aliphatic heterocycles. The Morgan fingerprint density at radius 1 is 1.33 bits per heavy atom. The molecule has 2 N–H and O–H groups in total. The molecule has 0 radical (unpaired) electrons. The van der Waals surface area contributed by atoms with Crippen LogP contribution in [0.1, 0.15) is 46.9 Å². The third-order valence-corrected chi connectivity index (χ3v) is 8.41. The van der Waals surface area contributed by atoms with E-state index in [4.69, 9.17) is 5.73 Å². The second-order valence-electron chi connectivity index (χ2n) is 7.96. The third-order valence-electron chi connectivity index (χ3n) is 6.05. The number of nitrogens with two attached hydrogens (primary N) is 1. The topological polar surface area (TPSA) is 106 Å². The maximum Gasteiger partial charge on any atom is 0.242 e. The summed E-state index contributed by atoms with van der Waals surface area (Å²) in [6.07, 6.45) is 3.00. The molecule has 1 aromatic carbocycles. The van der Waals surface area contributed by atoms with Gasteiger partial charge in [-0.2, -0.15) is 0 Å². The molecule has 0 saturated heterocycles. The molecule has 9 heteroatoms. The first-order chi connectivity index (χ1) is 14.1. The number of sulfonamides is 1. The molecule has 30 heavy (non-hydrogen) atoms. The molecule has 0 fully saturated rings. The van der Waals surface area contributed by atoms with Gasteiger partial charge in [-0.05, 0) is 55.0 Å². The molecule has 158 valence electrons. The fourth-order valence-corrected chi connectivity index (χ4v) is 6.28. The Bertz CT molecular complexity index is 1150. The number of fused-ring (bicyclic) bond motifs is 3. The molecule has 1 aromatic heterocycles. The van der Waals surface area contributed by atoms with Gasteiger partial charge in [-0.15, -0.1) is 0 Å². The molecule has 0 bridgehead atoms. The van der Waals surface area contributed by atoms with Gasteiger partial charge in [0.15, 0.2) is 5.78 Å². The van der Waals surface area contributed by atoms with E-state index in [1.807, 2.05) is 18.2 Å². The van der Waals surface area contributed by atoms with Crippen molar-refractivity contribution in [3.05, 3.63) is 64.7 Å². The molecule has 1 aliphatic carbocycles. The number of aliphatic imine (C=N–C) groups is 1. The Hall–Kier alpha value is -2.81. The quantitative estimate of drug-likeness (QED) is 0.751. The lowest BCUT2D eigenvalue weighted by Crippen LogP contribution is -2.56. The van der Waals surface area contributed by atoms with Crippen LogP contribution in [0.4, 0.5) is 4.39 Å². The molecular formula is C21H23FN4O3S. The van der Waals surface area contributed by atoms with E-state index in [9.17, 15) is 17.6 Å². The highest BCUT2D eigenvalue weighted by Crippen LogP contribution is 2.44. The van der Waals surface area contributed by atoms with Crippen LogP contribution in [0.15, 0.2) is 41.5 Å². The summed E-state index contributed by atoms with van der Waals surface area (Å²) in [4.78, 5) is 21.0. The van der Waals surface area contributed by atoms with Crippen LogP contribution in [0.5, 0.6) is 0 Å². The number of carbonyl (C=O) groups excluding carboxylic acids is 1. The zero-order chi connectivity index (χ0) is 21.7. The van der Waals surface area contributed by atoms with Crippen LogP contribution in [0.3, 0.4) is 0 Å². The van der Waals surface area contributed by atoms with Gasteiger partial charge in [0.25, 0.3) is 0 Å². The van der Waals surface area contributed by atoms with Crippen LogP contribution in [0.25, 0.3) is 0 Å². The number of hydrogen-bond donors (Lipinski definition) is 1. The smallest absolute Gasteiger partial charge is 0.242 e. The maximum absolute atomic E-state index is 13.1. The Balaban J connectivity index is 1.76. The fourth-order valence-electron chi connectivity index (χ4n) is 4.37. The Labute approximate surface area is 174 Å². The molecule has 4 rings (SSSR count). The van der Waals surface area contributed by atoms with E-state index < -0.39 is 26.6 Å². The van der Waals surface area contributed by atoms with Crippen molar-refractivity contribution in [2.45, 2.75) is 43.4 Å². The van der Waals surface area contributed by atoms with Crippen LogP contribution in [0.2, 0.25) is 0 Å². The summed E-state index contributed by atoms with van der Waals surface area (Å²) in [7, 11) is -2.23. The van der Waals surface area contributed by atoms with Gasteiger partial charge in [0.1, 0.15) is 22.3 Å². The highest BCUT2D eigenvalue weighted by molar-refractivity contribution is 7.90. The van der Waals surface area contributed by atoms with Crippen molar-refractivity contribution in [3.63, 3.8) is 0 Å². The van der Waals surface area contributed by atoms with Crippen LogP contribution in [-0.4, -0.2) is 41.7 Å². The van der Waals surface area contributed by atoms with E-state index >= 15 is 0 Å². The standard InChI is InChI=1S/C21H23FN4O3S/c1-21-16-10-13(11-18(27)17-9-8-15(22)12-24-17)6-7-14(16)4-3-5-19(21)30(28,29)26(2)20(23)25-21/h6-10,12,19H,3-5,11H2,1-2H3,(H2,23,25)/t19-,21+/m0/s1. The lowest BCUT2D eigenvalue weighted by Gasteiger charge is -2.41. The zero-order valence-corrected chi connectivity index (χ0v) is 17.6. The summed E-state index contributed by atoms with van der Waals surface area (Å²) < 4.78 is 40.3. The molecule has 2 aliphatic rings. The van der Waals surface area contributed by atoms with E-state index in [2.05, 4.69) is 9.98 Å². The number of aryl methyl sites for hydroxylation is 1. The van der Waals surface area contributed by atoms with Gasteiger partial charge in [-0.3, -0.25) is 9.78 Å². The van der Waals surface area contributed by atoms with E-state index in [0.29, 0.717) is 12.8 Å². The van der Waals surface area contributed by atoms with Gasteiger partial charge in [-0.1, -0.05) is 18.2 Å². The minimum absolute atomic E-state index is 0.0430. The number of aromatic nitrogens is 1. The first-order valence-electron chi connectivity index (χ1n) is 9.73. The highest BCUT2D eigenvalue weighted by Gasteiger charge is 2.51. The minimum Gasteiger partial charge on any atom is -0.369 e. The number of rotatable bonds is 3. The summed E-state index contributed by atoms with van der Waals surface area (Å²) in [5.74, 6) is -0.794. The lowest BCUT2D eigenvalue weighted by molar-refractivity contribution is 0.0988. The van der Waals surface area contributed by atoms with E-state index in [0.717, 1.165) is 33.6 Å². The van der Waals surface area contributed by atoms with Gasteiger partial charge >= 0.3 is 0 Å². The molecule has 2 aromatic rings. The van der Waals surface area contributed by atoms with Crippen LogP contribution in [-0.2, 0) is 28.4 Å². The second-order valence-corrected chi connectivity index (χ2v) is 10.1. The molecule has 0 spiro atoms. The number of Topliss-reactive ketones (excluding diaryl/α,β-unsaturated/α-hetero) is 1. The zero-order valence-electron chi connectivity index (χ0n) is 16.8. The number of halogens is 1. The van der Waals surface area contributed by atoms with E-state index in [1.54, 1.807) is 6.92 Å². The number of hydrogen-bond acceptors (Lipinski definition) is 6. The van der Waals surface area contributed by atoms with E-state index in [1.165, 1.54) is 19.2 Å². The predicted octanol–water partition coefficient (Wildman–Crippen LogP) is 2.16. The van der Waals surface area contributed by atoms with Gasteiger partial charge < -0.3 is 5.73 Å². The average molecular weight is 431 g/mol. The first kappa shape index (κ1) is 20.5. The maximum atomic E-state index is 13.1. The number of pyridine rings is 1. The molecule has 2 atom stereocenters. The van der Waals surface area contributed by atoms with Gasteiger partial charge in [0.2, 0.25) is 16.0 Å². The van der Waals surface area contributed by atoms with E-state index in [-0.39, 0.29) is 23.9 Å². The fraction of sp³-hybridized carbons (Fsp3) is 0.381. The Kier molecular flexibility index (Phi) is 4.88. The third kappa shape index (κ3) is 3.27. The van der Waals surface area contributed by atoms with Crippen molar-refractivity contribution < 1.29 is 17.6 Å². The van der Waals surface area contributed by atoms with Gasteiger partial charge in [0, 0.05) is 13.5 Å². The molecule has 2 heterocycles. The summed E-state index contributed by atoms with van der Waals surface area (Å²) >= 11 is 0. The number of guanidine groups is 1. The highest BCUT2D eigenvalue weighted by atomic mass is 32.2. The summed E-state index contributed by atoms with van der Waals surface area (Å²) in [6, 6.07) is 8.20. The van der Waals surface area contributed by atoms with Crippen molar-refractivity contribution >= 4 is 21.8 Å². The molecule has 0 saturated carbocycles. The number of carbonyl (C=O) groups is 1. The lowest BCUT2D eigenvalue weighted by atomic mass is 9.84. The van der Waals surface area contributed by atoms with Crippen LogP contribution in [0, 0.1) is 5.82 Å². The monoisotopic (exact) mass is 430 g/mol. The second kappa shape index (κ2) is 7.16. The van der Waals surface area contributed by atoms with Crippen LogP contribution >= 0.6 is 0 Å². The molecule has 0 unspecified atom stereocenters. The Morgan fingerprint density at radius 3 is 2.80 bits per heavy atom. The average Bonchev–Trinajstić information content (AvgIpc) is 2.84. The predicted molar refractivity (Wildman–Crippen MR) is 111 cm³/mol. The van der Waals surface area contributed by atoms with Crippen molar-refractivity contribution in [2.75, 3.05) is 7.05 Å². The summed E-state index contributed by atoms with van der Waals surface area (Å²) in [6.45, 7) is 1.80. The largest absolute Gasteiger partial charge is 0.369 e. The van der Waals surface area contributed by atoms with Crippen molar-refractivity contribution in [2.24, 2.45) is 10.7 Å². The normalized spacial score (nSPS) is 25.0. The summed E-state index contributed by atoms with van der Waals surface area (Å²) in [5.41, 5.74) is 7.62. The van der Waals surface area contributed by atoms with Gasteiger partial charge in [-0.25, -0.2) is 22.1 Å². The van der Waals surface area contributed by atoms with Gasteiger partial charge in [0.05, 0.1) is 6.20 Å².